The van der Waals surface area contributed by atoms with Gasteiger partial charge in [-0.15, -0.1) is 0 Å². The van der Waals surface area contributed by atoms with Gasteiger partial charge < -0.3 is 20.0 Å². The molecule has 5 rings (SSSR count). The number of hydrogen-bond acceptors (Lipinski definition) is 8. The number of hydrogen-bond donors (Lipinski definition) is 2. The van der Waals surface area contributed by atoms with Gasteiger partial charge in [0.05, 0.1) is 11.8 Å². The summed E-state index contributed by atoms with van der Waals surface area (Å²) in [5, 5.41) is 14.7. The molecular formula is C23H32N10O. The average molecular weight is 465 g/mol. The first-order valence-corrected chi connectivity index (χ1v) is 11.8. The van der Waals surface area contributed by atoms with Gasteiger partial charge in [-0.1, -0.05) is 0 Å². The summed E-state index contributed by atoms with van der Waals surface area (Å²) in [5.74, 6) is 3.58. The number of amides is 1. The Morgan fingerprint density at radius 2 is 1.94 bits per heavy atom. The molecule has 0 saturated carbocycles. The molecular weight excluding hydrogens is 432 g/mol. The molecule has 2 fully saturated rings. The van der Waals surface area contributed by atoms with E-state index < -0.39 is 0 Å². The number of carbonyl (C=O) groups is 1. The van der Waals surface area contributed by atoms with Gasteiger partial charge in [-0.05, 0) is 26.3 Å². The van der Waals surface area contributed by atoms with Crippen molar-refractivity contribution in [1.29, 1.82) is 0 Å². The summed E-state index contributed by atoms with van der Waals surface area (Å²) in [5.41, 5.74) is 1.62. The number of piperazine rings is 1. The van der Waals surface area contributed by atoms with E-state index in [0.29, 0.717) is 18.0 Å². The fourth-order valence-electron chi connectivity index (χ4n) is 4.61. The van der Waals surface area contributed by atoms with Crippen LogP contribution < -0.4 is 10.2 Å². The van der Waals surface area contributed by atoms with E-state index in [0.717, 1.165) is 74.5 Å². The van der Waals surface area contributed by atoms with Crippen LogP contribution in [-0.2, 0) is 13.5 Å². The normalized spacial score (nSPS) is 19.1. The minimum Gasteiger partial charge on any atom is -0.354 e. The Kier molecular flexibility index (Phi) is 6.18. The van der Waals surface area contributed by atoms with E-state index in [1.54, 1.807) is 17.1 Å². The van der Waals surface area contributed by atoms with Crippen LogP contribution >= 0.6 is 0 Å². The number of aryl methyl sites for hydroxylation is 2. The molecule has 5 heterocycles. The largest absolute Gasteiger partial charge is 0.354 e. The van der Waals surface area contributed by atoms with Crippen molar-refractivity contribution in [3.63, 3.8) is 0 Å². The predicted molar refractivity (Wildman–Crippen MR) is 129 cm³/mol. The SMILES string of the molecule is Cc1cc(Nc2cc(N3CCN(C)CC3)nc(C[C@@H]3CCN(C(=O)c4cnn(C)c4)C3)n2)n[nH]1. The van der Waals surface area contributed by atoms with E-state index in [-0.39, 0.29) is 5.91 Å². The summed E-state index contributed by atoms with van der Waals surface area (Å²) in [6.07, 6.45) is 5.07. The van der Waals surface area contributed by atoms with Crippen LogP contribution in [0.25, 0.3) is 0 Å². The first kappa shape index (κ1) is 22.3. The lowest BCUT2D eigenvalue weighted by Gasteiger charge is -2.33. The standard InChI is InChI=1S/C23H32N10O/c1-16-10-21(29-28-16)26-20-12-22(32-8-6-30(2)7-9-32)27-19(25-20)11-17-4-5-33(14-17)23(34)18-13-24-31(3)15-18/h10,12-13,15,17H,4-9,11,14H2,1-3H3,(H2,25,26,27,28,29)/t17-/m0/s1. The van der Waals surface area contributed by atoms with E-state index in [1.165, 1.54) is 0 Å². The molecule has 2 aliphatic heterocycles. The minimum atomic E-state index is 0.0407. The number of likely N-dealkylation sites (tertiary alicyclic amines) is 1. The Hall–Kier alpha value is -3.47. The van der Waals surface area contributed by atoms with Crippen molar-refractivity contribution in [3.8, 4) is 0 Å². The lowest BCUT2D eigenvalue weighted by Crippen LogP contribution is -2.45. The molecule has 3 aromatic heterocycles. The first-order valence-electron chi connectivity index (χ1n) is 11.8. The lowest BCUT2D eigenvalue weighted by atomic mass is 10.0. The quantitative estimate of drug-likeness (QED) is 0.564. The fourth-order valence-corrected chi connectivity index (χ4v) is 4.61. The van der Waals surface area contributed by atoms with Crippen LogP contribution in [0.15, 0.2) is 24.5 Å². The number of nitrogens with one attached hydrogen (secondary N) is 2. The van der Waals surface area contributed by atoms with Crippen molar-refractivity contribution in [3.05, 3.63) is 41.6 Å². The van der Waals surface area contributed by atoms with E-state index in [1.807, 2.05) is 31.0 Å². The predicted octanol–water partition coefficient (Wildman–Crippen LogP) is 1.44. The van der Waals surface area contributed by atoms with Crippen molar-refractivity contribution < 1.29 is 4.79 Å². The maximum Gasteiger partial charge on any atom is 0.257 e. The molecule has 34 heavy (non-hydrogen) atoms. The van der Waals surface area contributed by atoms with Crippen LogP contribution in [0, 0.1) is 12.8 Å². The van der Waals surface area contributed by atoms with E-state index in [9.17, 15) is 4.79 Å². The number of aromatic nitrogens is 6. The van der Waals surface area contributed by atoms with Crippen molar-refractivity contribution in [2.75, 3.05) is 56.5 Å². The van der Waals surface area contributed by atoms with Gasteiger partial charge in [0.2, 0.25) is 0 Å². The number of nitrogens with zero attached hydrogens (tertiary/aromatic N) is 8. The third-order valence-electron chi connectivity index (χ3n) is 6.54. The van der Waals surface area contributed by atoms with Crippen LogP contribution in [0.2, 0.25) is 0 Å². The average Bonchev–Trinajstić information content (AvgIpc) is 3.55. The topological polar surface area (TPSA) is 111 Å². The summed E-state index contributed by atoms with van der Waals surface area (Å²) in [7, 11) is 3.97. The van der Waals surface area contributed by atoms with Crippen LogP contribution in [0.1, 0.15) is 28.3 Å². The van der Waals surface area contributed by atoms with Crippen LogP contribution in [0.4, 0.5) is 17.5 Å². The van der Waals surface area contributed by atoms with Gasteiger partial charge in [0.25, 0.3) is 5.91 Å². The fraction of sp³-hybridized carbons (Fsp3) is 0.522. The number of rotatable bonds is 6. The van der Waals surface area contributed by atoms with E-state index in [4.69, 9.17) is 9.97 Å². The summed E-state index contributed by atoms with van der Waals surface area (Å²) in [4.78, 5) is 29.1. The Bertz CT molecular complexity index is 1150. The van der Waals surface area contributed by atoms with Gasteiger partial charge in [-0.3, -0.25) is 14.6 Å². The molecule has 0 aromatic carbocycles. The number of H-pyrrole nitrogens is 1. The highest BCUT2D eigenvalue weighted by atomic mass is 16.2. The van der Waals surface area contributed by atoms with Crippen molar-refractivity contribution in [2.45, 2.75) is 19.8 Å². The van der Waals surface area contributed by atoms with Crippen LogP contribution in [0.3, 0.4) is 0 Å². The van der Waals surface area contributed by atoms with Crippen molar-refractivity contribution in [2.24, 2.45) is 13.0 Å². The summed E-state index contributed by atoms with van der Waals surface area (Å²) in [6, 6.07) is 3.96. The van der Waals surface area contributed by atoms with Crippen molar-refractivity contribution >= 4 is 23.4 Å². The Morgan fingerprint density at radius 3 is 2.65 bits per heavy atom. The molecule has 11 nitrogen and oxygen atoms in total. The molecule has 180 valence electrons. The highest BCUT2D eigenvalue weighted by Gasteiger charge is 2.29. The monoisotopic (exact) mass is 464 g/mol. The molecule has 2 aliphatic rings. The van der Waals surface area contributed by atoms with E-state index in [2.05, 4.69) is 37.5 Å². The third kappa shape index (κ3) is 5.04. The summed E-state index contributed by atoms with van der Waals surface area (Å²) in [6.45, 7) is 7.31. The second kappa shape index (κ2) is 9.41. The molecule has 1 atom stereocenters. The molecule has 2 saturated heterocycles. The zero-order chi connectivity index (χ0) is 23.7. The summed E-state index contributed by atoms with van der Waals surface area (Å²) < 4.78 is 1.66. The molecule has 2 N–H and O–H groups in total. The van der Waals surface area contributed by atoms with Crippen LogP contribution in [0.5, 0.6) is 0 Å². The van der Waals surface area contributed by atoms with Gasteiger partial charge in [0, 0.05) is 76.8 Å². The molecule has 0 spiro atoms. The highest BCUT2D eigenvalue weighted by Crippen LogP contribution is 2.25. The van der Waals surface area contributed by atoms with Gasteiger partial charge in [0.1, 0.15) is 17.5 Å². The van der Waals surface area contributed by atoms with E-state index >= 15 is 0 Å². The zero-order valence-electron chi connectivity index (χ0n) is 20.0. The molecule has 0 radical (unpaired) electrons. The molecule has 11 heteroatoms. The smallest absolute Gasteiger partial charge is 0.257 e. The van der Waals surface area contributed by atoms with Crippen LogP contribution in [-0.4, -0.2) is 92.0 Å². The number of anilines is 3. The Balaban J connectivity index is 1.32. The first-order chi connectivity index (χ1) is 16.4. The van der Waals surface area contributed by atoms with Gasteiger partial charge in [-0.25, -0.2) is 9.97 Å². The Morgan fingerprint density at radius 1 is 1.12 bits per heavy atom. The number of likely N-dealkylation sites (N-methyl/N-ethyl adjacent to an activating group) is 1. The Labute approximate surface area is 199 Å². The maximum absolute atomic E-state index is 12.8. The second-order valence-electron chi connectivity index (χ2n) is 9.39. The minimum absolute atomic E-state index is 0.0407. The zero-order valence-corrected chi connectivity index (χ0v) is 20.0. The highest BCUT2D eigenvalue weighted by molar-refractivity contribution is 5.93. The summed E-state index contributed by atoms with van der Waals surface area (Å²) >= 11 is 0. The van der Waals surface area contributed by atoms with Crippen molar-refractivity contribution in [1.82, 2.24) is 39.7 Å². The number of carbonyl (C=O) groups excluding carboxylic acids is 1. The molecule has 0 unspecified atom stereocenters. The molecule has 0 aliphatic carbocycles. The maximum atomic E-state index is 12.8. The third-order valence-corrected chi connectivity index (χ3v) is 6.54. The molecule has 1 amide bonds. The molecule has 3 aromatic rings. The van der Waals surface area contributed by atoms with Gasteiger partial charge in [-0.2, -0.15) is 10.2 Å². The lowest BCUT2D eigenvalue weighted by molar-refractivity contribution is 0.0787. The van der Waals surface area contributed by atoms with Gasteiger partial charge >= 0.3 is 0 Å². The van der Waals surface area contributed by atoms with Gasteiger partial charge in [0.15, 0.2) is 5.82 Å². The molecule has 0 bridgehead atoms. The number of aromatic amines is 1. The second-order valence-corrected chi connectivity index (χ2v) is 9.39.